The maximum Gasteiger partial charge on any atom is 0.305 e. The largest absolute Gasteiger partial charge is 0.312 e. The zero-order valence-electron chi connectivity index (χ0n) is 11.9. The summed E-state index contributed by atoms with van der Waals surface area (Å²) in [6, 6.07) is 8.45. The van der Waals surface area contributed by atoms with E-state index in [0.717, 1.165) is 22.7 Å². The molecule has 0 atom stereocenters. The first-order chi connectivity index (χ1) is 8.97. The van der Waals surface area contributed by atoms with Crippen LogP contribution >= 0.6 is 11.3 Å². The molecule has 1 aromatic heterocycles. The normalized spacial score (nSPS) is 11.5. The van der Waals surface area contributed by atoms with Crippen molar-refractivity contribution in [1.29, 1.82) is 0 Å². The molecule has 0 saturated heterocycles. The Hall–Kier alpha value is -1.39. The minimum Gasteiger partial charge on any atom is -0.312 e. The summed E-state index contributed by atoms with van der Waals surface area (Å²) in [5, 5.41) is 0. The van der Waals surface area contributed by atoms with E-state index in [4.69, 9.17) is 0 Å². The first-order valence-corrected chi connectivity index (χ1v) is 7.26. The van der Waals surface area contributed by atoms with Crippen LogP contribution in [0.5, 0.6) is 0 Å². The van der Waals surface area contributed by atoms with E-state index in [1.54, 1.807) is 0 Å². The SMILES string of the molecule is CC(C)c1ccc(-c2[nH]c(=O)sc2CN(C)C)cc1. The van der Waals surface area contributed by atoms with Gasteiger partial charge in [0.05, 0.1) is 5.69 Å². The minimum absolute atomic E-state index is 0.0137. The Morgan fingerprint density at radius 1 is 1.21 bits per heavy atom. The predicted molar refractivity (Wildman–Crippen MR) is 81.9 cm³/mol. The monoisotopic (exact) mass is 276 g/mol. The number of nitrogens with zero attached hydrogens (tertiary/aromatic N) is 1. The first kappa shape index (κ1) is 14.0. The molecule has 0 radical (unpaired) electrons. The van der Waals surface area contributed by atoms with Gasteiger partial charge < -0.3 is 9.88 Å². The summed E-state index contributed by atoms with van der Waals surface area (Å²) >= 11 is 1.30. The standard InChI is InChI=1S/C15H20N2OS/c1-10(2)11-5-7-12(8-6-11)14-13(9-17(3)4)19-15(18)16-14/h5-8,10H,9H2,1-4H3,(H,16,18). The Bertz CT molecular complexity index is 593. The number of nitrogens with one attached hydrogen (secondary N) is 1. The van der Waals surface area contributed by atoms with Crippen molar-refractivity contribution in [1.82, 2.24) is 9.88 Å². The number of aromatic amines is 1. The molecule has 4 heteroatoms. The molecule has 0 saturated carbocycles. The lowest BCUT2D eigenvalue weighted by atomic mass is 10.0. The molecule has 0 bridgehead atoms. The fraction of sp³-hybridized carbons (Fsp3) is 0.400. The van der Waals surface area contributed by atoms with Gasteiger partial charge in [0, 0.05) is 11.4 Å². The highest BCUT2D eigenvalue weighted by molar-refractivity contribution is 7.09. The molecule has 1 aromatic carbocycles. The summed E-state index contributed by atoms with van der Waals surface area (Å²) in [4.78, 5) is 17.7. The number of hydrogen-bond donors (Lipinski definition) is 1. The van der Waals surface area contributed by atoms with Crippen LogP contribution in [0.4, 0.5) is 0 Å². The van der Waals surface area contributed by atoms with Gasteiger partial charge in [0.25, 0.3) is 0 Å². The van der Waals surface area contributed by atoms with E-state index in [0.29, 0.717) is 5.92 Å². The molecule has 0 spiro atoms. The maximum absolute atomic E-state index is 11.6. The molecule has 3 nitrogen and oxygen atoms in total. The number of rotatable bonds is 4. The van der Waals surface area contributed by atoms with Crippen molar-refractivity contribution >= 4 is 11.3 Å². The molecule has 19 heavy (non-hydrogen) atoms. The van der Waals surface area contributed by atoms with Gasteiger partial charge in [-0.15, -0.1) is 0 Å². The zero-order chi connectivity index (χ0) is 14.0. The van der Waals surface area contributed by atoms with Crippen LogP contribution < -0.4 is 4.87 Å². The Kier molecular flexibility index (Phi) is 4.22. The van der Waals surface area contributed by atoms with Crippen LogP contribution in [0.1, 0.15) is 30.2 Å². The van der Waals surface area contributed by atoms with Gasteiger partial charge in [-0.25, -0.2) is 0 Å². The van der Waals surface area contributed by atoms with Gasteiger partial charge >= 0.3 is 4.87 Å². The number of benzene rings is 1. The smallest absolute Gasteiger partial charge is 0.305 e. The minimum atomic E-state index is 0.0137. The van der Waals surface area contributed by atoms with Gasteiger partial charge in [0.15, 0.2) is 0 Å². The van der Waals surface area contributed by atoms with Gasteiger partial charge in [-0.2, -0.15) is 0 Å². The van der Waals surface area contributed by atoms with E-state index >= 15 is 0 Å². The fourth-order valence-corrected chi connectivity index (χ4v) is 3.00. The highest BCUT2D eigenvalue weighted by atomic mass is 32.1. The third kappa shape index (κ3) is 3.33. The highest BCUT2D eigenvalue weighted by Gasteiger charge is 2.11. The van der Waals surface area contributed by atoms with Gasteiger partial charge in [-0.05, 0) is 31.1 Å². The molecule has 1 heterocycles. The average molecular weight is 276 g/mol. The van der Waals surface area contributed by atoms with Crippen molar-refractivity contribution in [3.63, 3.8) is 0 Å². The van der Waals surface area contributed by atoms with Gasteiger partial charge in [-0.1, -0.05) is 49.4 Å². The molecule has 0 aliphatic rings. The molecular weight excluding hydrogens is 256 g/mol. The average Bonchev–Trinajstić information content (AvgIpc) is 2.69. The third-order valence-electron chi connectivity index (χ3n) is 3.05. The van der Waals surface area contributed by atoms with Gasteiger partial charge in [-0.3, -0.25) is 4.79 Å². The maximum atomic E-state index is 11.6. The number of aromatic nitrogens is 1. The third-order valence-corrected chi connectivity index (χ3v) is 3.91. The van der Waals surface area contributed by atoms with E-state index in [2.05, 4.69) is 48.0 Å². The van der Waals surface area contributed by atoms with E-state index in [1.165, 1.54) is 16.9 Å². The number of thiazole rings is 1. The van der Waals surface area contributed by atoms with Gasteiger partial charge in [0.1, 0.15) is 0 Å². The molecule has 102 valence electrons. The van der Waals surface area contributed by atoms with E-state index in [-0.39, 0.29) is 4.87 Å². The molecule has 0 aliphatic carbocycles. The van der Waals surface area contributed by atoms with Crippen LogP contribution in [0.25, 0.3) is 11.3 Å². The van der Waals surface area contributed by atoms with Crippen LogP contribution in [-0.2, 0) is 6.54 Å². The molecule has 0 aliphatic heterocycles. The summed E-state index contributed by atoms with van der Waals surface area (Å²) in [5.74, 6) is 0.525. The lowest BCUT2D eigenvalue weighted by molar-refractivity contribution is 0.406. The molecule has 0 fully saturated rings. The van der Waals surface area contributed by atoms with Crippen molar-refractivity contribution in [2.75, 3.05) is 14.1 Å². The van der Waals surface area contributed by atoms with Crippen LogP contribution in [0, 0.1) is 0 Å². The van der Waals surface area contributed by atoms with Crippen molar-refractivity contribution in [3.05, 3.63) is 44.4 Å². The lowest BCUT2D eigenvalue weighted by Gasteiger charge is -2.10. The second-order valence-electron chi connectivity index (χ2n) is 5.33. The number of H-pyrrole nitrogens is 1. The summed E-state index contributed by atoms with van der Waals surface area (Å²) in [7, 11) is 4.02. The van der Waals surface area contributed by atoms with Crippen molar-refractivity contribution in [2.45, 2.75) is 26.3 Å². The second-order valence-corrected chi connectivity index (χ2v) is 6.39. The second kappa shape index (κ2) is 5.72. The predicted octanol–water partition coefficient (Wildman–Crippen LogP) is 3.29. The van der Waals surface area contributed by atoms with Crippen molar-refractivity contribution < 1.29 is 0 Å². The molecular formula is C15H20N2OS. The summed E-state index contributed by atoms with van der Waals surface area (Å²) in [6.07, 6.45) is 0. The van der Waals surface area contributed by atoms with Crippen molar-refractivity contribution in [2.24, 2.45) is 0 Å². The zero-order valence-corrected chi connectivity index (χ0v) is 12.7. The molecule has 2 aromatic rings. The fourth-order valence-electron chi connectivity index (χ4n) is 2.03. The van der Waals surface area contributed by atoms with Crippen LogP contribution in [0.2, 0.25) is 0 Å². The van der Waals surface area contributed by atoms with E-state index < -0.39 is 0 Å². The Morgan fingerprint density at radius 2 is 1.84 bits per heavy atom. The number of hydrogen-bond acceptors (Lipinski definition) is 3. The Balaban J connectivity index is 2.38. The van der Waals surface area contributed by atoms with Crippen LogP contribution in [-0.4, -0.2) is 24.0 Å². The van der Waals surface area contributed by atoms with E-state index in [1.807, 2.05) is 14.1 Å². The first-order valence-electron chi connectivity index (χ1n) is 6.44. The highest BCUT2D eigenvalue weighted by Crippen LogP contribution is 2.26. The summed E-state index contributed by atoms with van der Waals surface area (Å²) < 4.78 is 0. The van der Waals surface area contributed by atoms with Crippen LogP contribution in [0.15, 0.2) is 29.1 Å². The van der Waals surface area contributed by atoms with E-state index in [9.17, 15) is 4.79 Å². The molecule has 1 N–H and O–H groups in total. The van der Waals surface area contributed by atoms with Gasteiger partial charge in [0.2, 0.25) is 0 Å². The summed E-state index contributed by atoms with van der Waals surface area (Å²) in [6.45, 7) is 5.14. The van der Waals surface area contributed by atoms with Crippen LogP contribution in [0.3, 0.4) is 0 Å². The Morgan fingerprint density at radius 3 is 2.37 bits per heavy atom. The molecule has 0 unspecified atom stereocenters. The Labute approximate surface area is 117 Å². The lowest BCUT2D eigenvalue weighted by Crippen LogP contribution is -2.10. The van der Waals surface area contributed by atoms with Crippen molar-refractivity contribution in [3.8, 4) is 11.3 Å². The molecule has 0 amide bonds. The molecule has 2 rings (SSSR count). The quantitative estimate of drug-likeness (QED) is 0.930. The summed E-state index contributed by atoms with van der Waals surface area (Å²) in [5.41, 5.74) is 3.36. The topological polar surface area (TPSA) is 36.1 Å².